The fraction of sp³-hybridized carbons (Fsp3) is 0.550. The Kier molecular flexibility index (Phi) is 8.73. The normalized spacial score (nSPS) is 16.9. The van der Waals surface area contributed by atoms with Gasteiger partial charge >= 0.3 is 0 Å². The standard InChI is InChI=1S/C20H28ClN5O3/c1-22-20(23-9-2-11-27-13-15-8-12-28-14-15)24-10-7-18-25-19(26-29-18)16-3-5-17(21)6-4-16/h3-6,15H,2,7-14H2,1H3,(H2,22,23,24). The lowest BCUT2D eigenvalue weighted by molar-refractivity contribution is 0.0888. The van der Waals surface area contributed by atoms with Gasteiger partial charge in [0.2, 0.25) is 11.7 Å². The summed E-state index contributed by atoms with van der Waals surface area (Å²) < 4.78 is 16.4. The Balaban J connectivity index is 1.29. The van der Waals surface area contributed by atoms with Crippen molar-refractivity contribution < 1.29 is 14.0 Å². The predicted octanol–water partition coefficient (Wildman–Crippen LogP) is 2.54. The molecule has 0 aliphatic carbocycles. The summed E-state index contributed by atoms with van der Waals surface area (Å²) in [6.45, 7) is 4.65. The molecule has 8 nitrogen and oxygen atoms in total. The number of halogens is 1. The Hall–Kier alpha value is -2.16. The summed E-state index contributed by atoms with van der Waals surface area (Å²) in [5, 5.41) is 11.2. The van der Waals surface area contributed by atoms with Crippen LogP contribution in [0.25, 0.3) is 11.4 Å². The van der Waals surface area contributed by atoms with Crippen LogP contribution in [0.15, 0.2) is 33.8 Å². The Morgan fingerprint density at radius 1 is 1.28 bits per heavy atom. The van der Waals surface area contributed by atoms with E-state index in [4.69, 9.17) is 25.6 Å². The zero-order valence-corrected chi connectivity index (χ0v) is 17.5. The molecular formula is C20H28ClN5O3. The molecule has 0 spiro atoms. The average Bonchev–Trinajstić information content (AvgIpc) is 3.42. The lowest BCUT2D eigenvalue weighted by Gasteiger charge is -2.12. The zero-order chi connectivity index (χ0) is 20.3. The van der Waals surface area contributed by atoms with Crippen LogP contribution in [0.1, 0.15) is 18.7 Å². The van der Waals surface area contributed by atoms with Gasteiger partial charge in [-0.05, 0) is 37.1 Å². The number of aliphatic imine (C=N–C) groups is 1. The van der Waals surface area contributed by atoms with Gasteiger partial charge in [0, 0.05) is 56.3 Å². The number of hydrogen-bond donors (Lipinski definition) is 2. The molecule has 158 valence electrons. The molecule has 2 N–H and O–H groups in total. The number of hydrogen-bond acceptors (Lipinski definition) is 6. The highest BCUT2D eigenvalue weighted by Crippen LogP contribution is 2.18. The van der Waals surface area contributed by atoms with E-state index >= 15 is 0 Å². The van der Waals surface area contributed by atoms with Crippen LogP contribution < -0.4 is 10.6 Å². The van der Waals surface area contributed by atoms with E-state index in [0.29, 0.717) is 35.6 Å². The Morgan fingerprint density at radius 3 is 2.86 bits per heavy atom. The molecular weight excluding hydrogens is 394 g/mol. The highest BCUT2D eigenvalue weighted by atomic mass is 35.5. The minimum atomic E-state index is 0.558. The van der Waals surface area contributed by atoms with Crippen LogP contribution >= 0.6 is 11.6 Å². The highest BCUT2D eigenvalue weighted by Gasteiger charge is 2.15. The summed E-state index contributed by atoms with van der Waals surface area (Å²) in [6.07, 6.45) is 2.63. The van der Waals surface area contributed by atoms with Crippen LogP contribution in [0.3, 0.4) is 0 Å². The van der Waals surface area contributed by atoms with Gasteiger partial charge in [0.1, 0.15) is 0 Å². The van der Waals surface area contributed by atoms with E-state index in [9.17, 15) is 0 Å². The van der Waals surface area contributed by atoms with Crippen LogP contribution in [0, 0.1) is 5.92 Å². The third-order valence-electron chi connectivity index (χ3n) is 4.56. The smallest absolute Gasteiger partial charge is 0.228 e. The van der Waals surface area contributed by atoms with Gasteiger partial charge in [-0.25, -0.2) is 0 Å². The predicted molar refractivity (Wildman–Crippen MR) is 112 cm³/mol. The fourth-order valence-electron chi connectivity index (χ4n) is 2.93. The van der Waals surface area contributed by atoms with Crippen molar-refractivity contribution in [1.29, 1.82) is 0 Å². The van der Waals surface area contributed by atoms with Gasteiger partial charge in [-0.15, -0.1) is 0 Å². The minimum absolute atomic E-state index is 0.558. The van der Waals surface area contributed by atoms with Gasteiger partial charge < -0.3 is 24.6 Å². The van der Waals surface area contributed by atoms with E-state index in [1.54, 1.807) is 19.2 Å². The Morgan fingerprint density at radius 2 is 2.10 bits per heavy atom. The second-order valence-corrected chi connectivity index (χ2v) is 7.29. The molecule has 1 saturated heterocycles. The van der Waals surface area contributed by atoms with Crippen molar-refractivity contribution in [3.63, 3.8) is 0 Å². The monoisotopic (exact) mass is 421 g/mol. The molecule has 29 heavy (non-hydrogen) atoms. The molecule has 0 radical (unpaired) electrons. The summed E-state index contributed by atoms with van der Waals surface area (Å²) in [7, 11) is 1.75. The molecule has 9 heteroatoms. The SMILES string of the molecule is CN=C(NCCCOCC1CCOC1)NCCc1nc(-c2ccc(Cl)cc2)no1. The molecule has 1 aromatic heterocycles. The maximum Gasteiger partial charge on any atom is 0.228 e. The number of ether oxygens (including phenoxy) is 2. The number of benzene rings is 1. The molecule has 0 amide bonds. The quantitative estimate of drug-likeness (QED) is 0.346. The van der Waals surface area contributed by atoms with E-state index in [1.807, 2.05) is 12.1 Å². The van der Waals surface area contributed by atoms with Gasteiger partial charge in [-0.2, -0.15) is 4.98 Å². The first-order valence-electron chi connectivity index (χ1n) is 9.93. The van der Waals surface area contributed by atoms with Gasteiger partial charge in [-0.3, -0.25) is 4.99 Å². The lowest BCUT2D eigenvalue weighted by Crippen LogP contribution is -2.39. The number of aromatic nitrogens is 2. The first-order chi connectivity index (χ1) is 14.2. The largest absolute Gasteiger partial charge is 0.381 e. The molecule has 2 aromatic rings. The molecule has 0 saturated carbocycles. The number of guanidine groups is 1. The Labute approximate surface area is 176 Å². The van der Waals surface area contributed by atoms with Crippen LogP contribution in [-0.4, -0.2) is 62.7 Å². The molecule has 1 fully saturated rings. The van der Waals surface area contributed by atoms with Crippen molar-refractivity contribution in [2.75, 3.05) is 46.6 Å². The molecule has 1 aliphatic heterocycles. The molecule has 1 aliphatic rings. The minimum Gasteiger partial charge on any atom is -0.381 e. The summed E-state index contributed by atoms with van der Waals surface area (Å²) in [4.78, 5) is 8.63. The lowest BCUT2D eigenvalue weighted by atomic mass is 10.1. The second kappa shape index (κ2) is 11.7. The zero-order valence-electron chi connectivity index (χ0n) is 16.7. The first kappa shape index (κ1) is 21.5. The highest BCUT2D eigenvalue weighted by molar-refractivity contribution is 6.30. The number of nitrogens with one attached hydrogen (secondary N) is 2. The Bertz CT molecular complexity index is 760. The molecule has 1 aromatic carbocycles. The average molecular weight is 422 g/mol. The molecule has 1 unspecified atom stereocenters. The van der Waals surface area contributed by atoms with E-state index in [1.165, 1.54) is 0 Å². The molecule has 0 bridgehead atoms. The first-order valence-corrected chi connectivity index (χ1v) is 10.3. The third kappa shape index (κ3) is 7.30. The summed E-state index contributed by atoms with van der Waals surface area (Å²) in [5.74, 6) is 2.43. The van der Waals surface area contributed by atoms with Crippen molar-refractivity contribution in [2.45, 2.75) is 19.3 Å². The third-order valence-corrected chi connectivity index (χ3v) is 4.81. The topological polar surface area (TPSA) is 93.8 Å². The van der Waals surface area contributed by atoms with Crippen LogP contribution in [0.4, 0.5) is 0 Å². The van der Waals surface area contributed by atoms with Crippen LogP contribution in [0.2, 0.25) is 5.02 Å². The fourth-order valence-corrected chi connectivity index (χ4v) is 3.05. The maximum absolute atomic E-state index is 5.90. The summed E-state index contributed by atoms with van der Waals surface area (Å²) >= 11 is 5.90. The van der Waals surface area contributed by atoms with Gasteiger partial charge in [0.25, 0.3) is 0 Å². The van der Waals surface area contributed by atoms with Gasteiger partial charge in [0.15, 0.2) is 5.96 Å². The summed E-state index contributed by atoms with van der Waals surface area (Å²) in [5.41, 5.74) is 0.873. The molecule has 2 heterocycles. The van der Waals surface area contributed by atoms with Gasteiger partial charge in [0.05, 0.1) is 13.2 Å². The van der Waals surface area contributed by atoms with Crippen LogP contribution in [0.5, 0.6) is 0 Å². The summed E-state index contributed by atoms with van der Waals surface area (Å²) in [6, 6.07) is 7.34. The van der Waals surface area contributed by atoms with Gasteiger partial charge in [-0.1, -0.05) is 16.8 Å². The molecule has 1 atom stereocenters. The van der Waals surface area contributed by atoms with E-state index in [0.717, 1.165) is 57.3 Å². The van der Waals surface area contributed by atoms with Crippen molar-refractivity contribution in [2.24, 2.45) is 10.9 Å². The van der Waals surface area contributed by atoms with Crippen molar-refractivity contribution in [3.05, 3.63) is 35.2 Å². The molecule has 3 rings (SSSR count). The van der Waals surface area contributed by atoms with Crippen molar-refractivity contribution in [1.82, 2.24) is 20.8 Å². The van der Waals surface area contributed by atoms with E-state index in [2.05, 4.69) is 25.8 Å². The second-order valence-electron chi connectivity index (χ2n) is 6.85. The van der Waals surface area contributed by atoms with Crippen molar-refractivity contribution >= 4 is 17.6 Å². The van der Waals surface area contributed by atoms with E-state index in [-0.39, 0.29) is 0 Å². The van der Waals surface area contributed by atoms with Crippen LogP contribution in [-0.2, 0) is 15.9 Å². The maximum atomic E-state index is 5.90. The van der Waals surface area contributed by atoms with E-state index < -0.39 is 0 Å². The van der Waals surface area contributed by atoms with Crippen molar-refractivity contribution in [3.8, 4) is 11.4 Å². The number of rotatable bonds is 10. The number of nitrogens with zero attached hydrogens (tertiary/aromatic N) is 3.